The van der Waals surface area contributed by atoms with E-state index < -0.39 is 0 Å². The minimum atomic E-state index is -0.341. The van der Waals surface area contributed by atoms with Crippen molar-refractivity contribution in [2.75, 3.05) is 6.54 Å². The lowest BCUT2D eigenvalue weighted by Crippen LogP contribution is -2.31. The maximum absolute atomic E-state index is 12.6. The van der Waals surface area contributed by atoms with Gasteiger partial charge in [-0.3, -0.25) is 24.1 Å². The first-order chi connectivity index (χ1) is 16.0. The van der Waals surface area contributed by atoms with E-state index in [1.165, 1.54) is 4.90 Å². The van der Waals surface area contributed by atoms with Gasteiger partial charge in [-0.15, -0.1) is 0 Å². The quantitative estimate of drug-likeness (QED) is 0.526. The molecule has 33 heavy (non-hydrogen) atoms. The zero-order valence-electron chi connectivity index (χ0n) is 17.9. The average molecular weight is 441 g/mol. The molecule has 166 valence electrons. The molecule has 0 unspecified atom stereocenters. The lowest BCUT2D eigenvalue weighted by atomic mass is 10.1. The maximum Gasteiger partial charge on any atom is 0.261 e. The van der Waals surface area contributed by atoms with Crippen molar-refractivity contribution in [1.82, 2.24) is 15.5 Å². The summed E-state index contributed by atoms with van der Waals surface area (Å²) in [5, 5.41) is 5.55. The van der Waals surface area contributed by atoms with Crippen LogP contribution in [0.2, 0.25) is 0 Å². The molecule has 0 aliphatic carbocycles. The lowest BCUT2D eigenvalue weighted by molar-refractivity contribution is -0.121. The molecule has 7 nitrogen and oxygen atoms in total. The summed E-state index contributed by atoms with van der Waals surface area (Å²) in [7, 11) is 0. The van der Waals surface area contributed by atoms with Gasteiger partial charge in [0.05, 0.1) is 17.7 Å². The summed E-state index contributed by atoms with van der Waals surface area (Å²) in [5.74, 6) is -1.16. The van der Waals surface area contributed by atoms with Crippen LogP contribution < -0.4 is 10.6 Å². The van der Waals surface area contributed by atoms with Gasteiger partial charge in [-0.1, -0.05) is 54.6 Å². The predicted octanol–water partition coefficient (Wildman–Crippen LogP) is 2.92. The molecule has 0 atom stereocenters. The van der Waals surface area contributed by atoms with E-state index in [1.54, 1.807) is 48.5 Å². The molecule has 0 aromatic heterocycles. The standard InChI is InChI=1S/C26H23N3O4/c30-23(28-16-18-7-2-1-3-8-18)13-14-27-24(31)20-10-6-9-19(15-20)17-29-25(32)21-11-4-5-12-22(21)26(29)33/h1-12,15H,13-14,16-17H2,(H,27,31)(H,28,30). The number of hydrogen-bond donors (Lipinski definition) is 2. The van der Waals surface area contributed by atoms with Gasteiger partial charge in [0.2, 0.25) is 5.91 Å². The van der Waals surface area contributed by atoms with Gasteiger partial charge in [-0.2, -0.15) is 0 Å². The molecular weight excluding hydrogens is 418 g/mol. The molecule has 2 N–H and O–H groups in total. The van der Waals surface area contributed by atoms with Crippen molar-refractivity contribution in [3.05, 3.63) is 107 Å². The Hall–Kier alpha value is -4.26. The molecule has 4 rings (SSSR count). The number of benzene rings is 3. The van der Waals surface area contributed by atoms with Gasteiger partial charge in [0.25, 0.3) is 17.7 Å². The Morgan fingerprint density at radius 3 is 2.06 bits per heavy atom. The van der Waals surface area contributed by atoms with E-state index in [0.29, 0.717) is 28.8 Å². The number of nitrogens with one attached hydrogen (secondary N) is 2. The van der Waals surface area contributed by atoms with Crippen molar-refractivity contribution in [3.63, 3.8) is 0 Å². The summed E-state index contributed by atoms with van der Waals surface area (Å²) >= 11 is 0. The molecule has 3 aromatic carbocycles. The number of carbonyl (C=O) groups excluding carboxylic acids is 4. The van der Waals surface area contributed by atoms with Gasteiger partial charge in [-0.05, 0) is 35.4 Å². The second kappa shape index (κ2) is 9.91. The highest BCUT2D eigenvalue weighted by Gasteiger charge is 2.34. The van der Waals surface area contributed by atoms with E-state index >= 15 is 0 Å². The maximum atomic E-state index is 12.6. The average Bonchev–Trinajstić information content (AvgIpc) is 3.08. The van der Waals surface area contributed by atoms with Gasteiger partial charge < -0.3 is 10.6 Å². The van der Waals surface area contributed by atoms with E-state index in [1.807, 2.05) is 30.3 Å². The van der Waals surface area contributed by atoms with Crippen LogP contribution in [0.1, 0.15) is 48.6 Å². The number of carbonyl (C=O) groups is 4. The monoisotopic (exact) mass is 441 g/mol. The van der Waals surface area contributed by atoms with E-state index in [2.05, 4.69) is 10.6 Å². The molecular formula is C26H23N3O4. The molecule has 1 aliphatic rings. The third kappa shape index (κ3) is 5.15. The molecule has 3 aromatic rings. The fourth-order valence-corrected chi connectivity index (χ4v) is 3.65. The first-order valence-corrected chi connectivity index (χ1v) is 10.7. The summed E-state index contributed by atoms with van der Waals surface area (Å²) in [6.07, 6.45) is 0.160. The van der Waals surface area contributed by atoms with Crippen LogP contribution in [0.3, 0.4) is 0 Å². The Balaban J connectivity index is 1.29. The molecule has 0 radical (unpaired) electrons. The normalized spacial score (nSPS) is 12.4. The second-order valence-electron chi connectivity index (χ2n) is 7.71. The van der Waals surface area contributed by atoms with Gasteiger partial charge in [0.1, 0.15) is 0 Å². The summed E-state index contributed by atoms with van der Waals surface area (Å²) in [5.41, 5.74) is 2.85. The largest absolute Gasteiger partial charge is 0.352 e. The van der Waals surface area contributed by atoms with E-state index in [4.69, 9.17) is 0 Å². The van der Waals surface area contributed by atoms with Crippen molar-refractivity contribution in [1.29, 1.82) is 0 Å². The zero-order chi connectivity index (χ0) is 23.2. The first kappa shape index (κ1) is 22.0. The van der Waals surface area contributed by atoms with Crippen LogP contribution in [0.15, 0.2) is 78.9 Å². The molecule has 0 fully saturated rings. The summed E-state index contributed by atoms with van der Waals surface area (Å²) in [6, 6.07) is 23.1. The number of nitrogens with zero attached hydrogens (tertiary/aromatic N) is 1. The summed E-state index contributed by atoms with van der Waals surface area (Å²) in [6.45, 7) is 0.713. The van der Waals surface area contributed by atoms with Crippen molar-refractivity contribution >= 4 is 23.6 Å². The zero-order valence-corrected chi connectivity index (χ0v) is 17.9. The van der Waals surface area contributed by atoms with Gasteiger partial charge in [0.15, 0.2) is 0 Å². The van der Waals surface area contributed by atoms with Crippen LogP contribution in [0.5, 0.6) is 0 Å². The van der Waals surface area contributed by atoms with E-state index in [9.17, 15) is 19.2 Å². The van der Waals surface area contributed by atoms with Crippen molar-refractivity contribution < 1.29 is 19.2 Å². The third-order valence-corrected chi connectivity index (χ3v) is 5.38. The van der Waals surface area contributed by atoms with Crippen LogP contribution in [-0.4, -0.2) is 35.1 Å². The fraction of sp³-hybridized carbons (Fsp3) is 0.154. The predicted molar refractivity (Wildman–Crippen MR) is 122 cm³/mol. The number of fused-ring (bicyclic) bond motifs is 1. The Labute approximate surface area is 191 Å². The van der Waals surface area contributed by atoms with Crippen molar-refractivity contribution in [3.8, 4) is 0 Å². The van der Waals surface area contributed by atoms with Crippen LogP contribution in [-0.2, 0) is 17.9 Å². The van der Waals surface area contributed by atoms with Crippen molar-refractivity contribution in [2.24, 2.45) is 0 Å². The van der Waals surface area contributed by atoms with Crippen LogP contribution in [0, 0.1) is 0 Å². The first-order valence-electron chi connectivity index (χ1n) is 10.7. The number of hydrogen-bond acceptors (Lipinski definition) is 4. The van der Waals surface area contributed by atoms with Crippen LogP contribution in [0.4, 0.5) is 0 Å². The molecule has 1 aliphatic heterocycles. The van der Waals surface area contributed by atoms with Gasteiger partial charge in [-0.25, -0.2) is 0 Å². The second-order valence-corrected chi connectivity index (χ2v) is 7.71. The molecule has 0 saturated carbocycles. The topological polar surface area (TPSA) is 95.6 Å². The third-order valence-electron chi connectivity index (χ3n) is 5.38. The lowest BCUT2D eigenvalue weighted by Gasteiger charge is -2.14. The van der Waals surface area contributed by atoms with Crippen LogP contribution >= 0.6 is 0 Å². The Morgan fingerprint density at radius 2 is 1.36 bits per heavy atom. The smallest absolute Gasteiger partial charge is 0.261 e. The molecule has 7 heteroatoms. The Bertz CT molecular complexity index is 1170. The molecule has 0 saturated heterocycles. The minimum absolute atomic E-state index is 0.0787. The fourth-order valence-electron chi connectivity index (χ4n) is 3.65. The Morgan fingerprint density at radius 1 is 0.727 bits per heavy atom. The number of rotatable bonds is 8. The number of amides is 4. The van der Waals surface area contributed by atoms with E-state index in [0.717, 1.165) is 5.56 Å². The number of imide groups is 1. The molecule has 4 amide bonds. The van der Waals surface area contributed by atoms with E-state index in [-0.39, 0.29) is 43.1 Å². The van der Waals surface area contributed by atoms with Gasteiger partial charge in [0, 0.05) is 25.1 Å². The van der Waals surface area contributed by atoms with Crippen molar-refractivity contribution in [2.45, 2.75) is 19.5 Å². The summed E-state index contributed by atoms with van der Waals surface area (Å²) < 4.78 is 0. The highest BCUT2D eigenvalue weighted by atomic mass is 16.2. The molecule has 0 bridgehead atoms. The molecule has 1 heterocycles. The van der Waals surface area contributed by atoms with Crippen LogP contribution in [0.25, 0.3) is 0 Å². The SMILES string of the molecule is O=C(CCNC(=O)c1cccc(CN2C(=O)c3ccccc3C2=O)c1)NCc1ccccc1. The highest BCUT2D eigenvalue weighted by molar-refractivity contribution is 6.21. The minimum Gasteiger partial charge on any atom is -0.352 e. The Kier molecular flexibility index (Phi) is 6.59. The van der Waals surface area contributed by atoms with Gasteiger partial charge >= 0.3 is 0 Å². The molecule has 0 spiro atoms. The highest BCUT2D eigenvalue weighted by Crippen LogP contribution is 2.24. The summed E-state index contributed by atoms with van der Waals surface area (Å²) in [4.78, 5) is 50.8.